The van der Waals surface area contributed by atoms with Gasteiger partial charge in [-0.2, -0.15) is 9.61 Å². The van der Waals surface area contributed by atoms with Gasteiger partial charge in [0, 0.05) is 12.4 Å². The van der Waals surface area contributed by atoms with Gasteiger partial charge in [-0.3, -0.25) is 0 Å². The fraction of sp³-hybridized carbons (Fsp3) is 0.154. The molecule has 2 heterocycles. The van der Waals surface area contributed by atoms with E-state index in [9.17, 15) is 4.79 Å². The number of nitrogens with zero attached hydrogens (tertiary/aromatic N) is 3. The molecule has 0 aliphatic heterocycles. The smallest absolute Gasteiger partial charge is 0.364 e. The van der Waals surface area contributed by atoms with Crippen molar-refractivity contribution in [2.45, 2.75) is 12.4 Å². The molecule has 0 amide bonds. The lowest BCUT2D eigenvalue weighted by Gasteiger charge is -2.06. The minimum absolute atomic E-state index is 0.352. The van der Waals surface area contributed by atoms with Gasteiger partial charge in [-0.1, -0.05) is 24.3 Å². The van der Waals surface area contributed by atoms with Crippen LogP contribution in [0, 0.1) is 0 Å². The summed E-state index contributed by atoms with van der Waals surface area (Å²) in [6.45, 7) is 0.619. The molecular formula is C13H12ClN5O. The summed E-state index contributed by atoms with van der Waals surface area (Å²) in [6, 6.07) is 11.5. The van der Waals surface area contributed by atoms with Gasteiger partial charge in [0.25, 0.3) is 0 Å². The van der Waals surface area contributed by atoms with Crippen molar-refractivity contribution in [2.24, 2.45) is 0 Å². The van der Waals surface area contributed by atoms with Gasteiger partial charge in [-0.25, -0.2) is 9.89 Å². The number of aromatic amines is 1. The molecule has 0 fully saturated rings. The first-order valence-corrected chi connectivity index (χ1v) is 6.62. The van der Waals surface area contributed by atoms with Crippen LogP contribution in [0.3, 0.4) is 0 Å². The predicted molar refractivity (Wildman–Crippen MR) is 76.9 cm³/mol. The predicted octanol–water partition coefficient (Wildman–Crippen LogP) is 1.77. The van der Waals surface area contributed by atoms with Crippen LogP contribution in [0.2, 0.25) is 0 Å². The third-order valence-electron chi connectivity index (χ3n) is 2.92. The highest BCUT2D eigenvalue weighted by Crippen LogP contribution is 2.09. The molecule has 20 heavy (non-hydrogen) atoms. The van der Waals surface area contributed by atoms with Crippen molar-refractivity contribution in [3.8, 4) is 0 Å². The number of fused-ring (bicyclic) bond motifs is 1. The van der Waals surface area contributed by atoms with Crippen molar-refractivity contribution in [3.05, 3.63) is 58.0 Å². The fourth-order valence-corrected chi connectivity index (χ4v) is 2.01. The summed E-state index contributed by atoms with van der Waals surface area (Å²) in [4.78, 5) is 11.4. The zero-order chi connectivity index (χ0) is 13.9. The minimum Gasteiger partial charge on any atom is -0.365 e. The third kappa shape index (κ3) is 2.50. The average Bonchev–Trinajstić information content (AvgIpc) is 2.87. The molecule has 0 spiro atoms. The zero-order valence-electron chi connectivity index (χ0n) is 10.5. The highest BCUT2D eigenvalue weighted by atomic mass is 35.5. The van der Waals surface area contributed by atoms with E-state index >= 15 is 0 Å². The van der Waals surface area contributed by atoms with Crippen LogP contribution in [0.5, 0.6) is 0 Å². The topological polar surface area (TPSA) is 75.1 Å². The Morgan fingerprint density at radius 2 is 1.90 bits per heavy atom. The molecule has 0 atom stereocenters. The SMILES string of the molecule is O=c1[nH]nc2ccc(NCc3ccc(CCl)cc3)nn12. The maximum absolute atomic E-state index is 11.4. The number of alkyl halides is 1. The molecule has 2 N–H and O–H groups in total. The maximum Gasteiger partial charge on any atom is 0.364 e. The van der Waals surface area contributed by atoms with Crippen LogP contribution in [0.1, 0.15) is 11.1 Å². The molecule has 0 aliphatic rings. The van der Waals surface area contributed by atoms with Gasteiger partial charge in [0.2, 0.25) is 0 Å². The van der Waals surface area contributed by atoms with E-state index in [1.807, 2.05) is 24.3 Å². The molecule has 2 aromatic heterocycles. The van der Waals surface area contributed by atoms with Crippen molar-refractivity contribution >= 4 is 23.1 Å². The Hall–Kier alpha value is -2.34. The van der Waals surface area contributed by atoms with Crippen molar-refractivity contribution in [1.82, 2.24) is 19.8 Å². The van der Waals surface area contributed by atoms with Crippen LogP contribution < -0.4 is 11.0 Å². The molecule has 102 valence electrons. The monoisotopic (exact) mass is 289 g/mol. The number of hydrogen-bond donors (Lipinski definition) is 2. The quantitative estimate of drug-likeness (QED) is 0.718. The number of aromatic nitrogens is 4. The standard InChI is InChI=1S/C13H12ClN5O/c14-7-9-1-3-10(4-2-9)8-15-11-5-6-12-16-17-13(20)19(12)18-11/h1-6H,7-8H2,(H,15,18)(H,17,20). The van der Waals surface area contributed by atoms with Gasteiger partial charge < -0.3 is 5.32 Å². The Balaban J connectivity index is 1.75. The van der Waals surface area contributed by atoms with Gasteiger partial charge in [-0.05, 0) is 23.3 Å². The lowest BCUT2D eigenvalue weighted by atomic mass is 10.1. The van der Waals surface area contributed by atoms with Crippen molar-refractivity contribution < 1.29 is 0 Å². The maximum atomic E-state index is 11.4. The second-order valence-electron chi connectivity index (χ2n) is 4.32. The van der Waals surface area contributed by atoms with Crippen molar-refractivity contribution in [3.63, 3.8) is 0 Å². The van der Waals surface area contributed by atoms with E-state index in [0.29, 0.717) is 23.9 Å². The number of rotatable bonds is 4. The van der Waals surface area contributed by atoms with Crippen LogP contribution in [-0.4, -0.2) is 19.8 Å². The molecule has 0 bridgehead atoms. The normalized spacial score (nSPS) is 10.8. The Labute approximate surface area is 119 Å². The molecule has 0 aliphatic carbocycles. The first-order valence-electron chi connectivity index (χ1n) is 6.08. The number of benzene rings is 1. The highest BCUT2D eigenvalue weighted by Gasteiger charge is 2.02. The lowest BCUT2D eigenvalue weighted by Crippen LogP contribution is -2.13. The van der Waals surface area contributed by atoms with Crippen LogP contribution >= 0.6 is 11.6 Å². The first-order chi connectivity index (χ1) is 9.76. The van der Waals surface area contributed by atoms with Crippen molar-refractivity contribution in [1.29, 1.82) is 0 Å². The Morgan fingerprint density at radius 1 is 1.15 bits per heavy atom. The number of halogens is 1. The van der Waals surface area contributed by atoms with E-state index in [-0.39, 0.29) is 5.69 Å². The molecule has 0 radical (unpaired) electrons. The summed E-state index contributed by atoms with van der Waals surface area (Å²) in [5, 5.41) is 13.5. The summed E-state index contributed by atoms with van der Waals surface area (Å²) < 4.78 is 1.22. The van der Waals surface area contributed by atoms with E-state index < -0.39 is 0 Å². The second-order valence-corrected chi connectivity index (χ2v) is 4.59. The molecule has 0 saturated heterocycles. The Kier molecular flexibility index (Phi) is 3.39. The molecule has 3 rings (SSSR count). The van der Waals surface area contributed by atoms with E-state index in [4.69, 9.17) is 11.6 Å². The van der Waals surface area contributed by atoms with E-state index in [1.54, 1.807) is 12.1 Å². The van der Waals surface area contributed by atoms with Gasteiger partial charge in [0.15, 0.2) is 5.65 Å². The van der Waals surface area contributed by atoms with E-state index in [0.717, 1.165) is 11.1 Å². The lowest BCUT2D eigenvalue weighted by molar-refractivity contribution is 0.875. The first kappa shape index (κ1) is 12.7. The molecule has 1 aromatic carbocycles. The fourth-order valence-electron chi connectivity index (χ4n) is 1.84. The van der Waals surface area contributed by atoms with Crippen LogP contribution in [0.25, 0.3) is 5.65 Å². The van der Waals surface area contributed by atoms with Gasteiger partial charge in [0.05, 0.1) is 0 Å². The molecule has 3 aromatic rings. The molecule has 7 heteroatoms. The van der Waals surface area contributed by atoms with Gasteiger partial charge in [-0.15, -0.1) is 16.7 Å². The third-order valence-corrected chi connectivity index (χ3v) is 3.23. The highest BCUT2D eigenvalue weighted by molar-refractivity contribution is 6.17. The average molecular weight is 290 g/mol. The molecule has 0 saturated carbocycles. The number of nitrogens with one attached hydrogen (secondary N) is 2. The van der Waals surface area contributed by atoms with Crippen LogP contribution in [0.4, 0.5) is 5.82 Å². The number of hydrogen-bond acceptors (Lipinski definition) is 4. The largest absolute Gasteiger partial charge is 0.365 e. The Bertz CT molecular complexity index is 777. The van der Waals surface area contributed by atoms with Crippen molar-refractivity contribution in [2.75, 3.05) is 5.32 Å². The summed E-state index contributed by atoms with van der Waals surface area (Å²) in [6.07, 6.45) is 0. The van der Waals surface area contributed by atoms with E-state index in [2.05, 4.69) is 20.6 Å². The molecular weight excluding hydrogens is 278 g/mol. The van der Waals surface area contributed by atoms with Crippen LogP contribution in [-0.2, 0) is 12.4 Å². The summed E-state index contributed by atoms with van der Waals surface area (Å²) >= 11 is 5.74. The van der Waals surface area contributed by atoms with Gasteiger partial charge >= 0.3 is 5.69 Å². The summed E-state index contributed by atoms with van der Waals surface area (Å²) in [5.41, 5.74) is 2.34. The second kappa shape index (κ2) is 5.34. The molecule has 6 nitrogen and oxygen atoms in total. The molecule has 0 unspecified atom stereocenters. The number of H-pyrrole nitrogens is 1. The van der Waals surface area contributed by atoms with Gasteiger partial charge in [0.1, 0.15) is 5.82 Å². The summed E-state index contributed by atoms with van der Waals surface area (Å²) in [5.74, 6) is 1.12. The minimum atomic E-state index is -0.352. The van der Waals surface area contributed by atoms with Crippen LogP contribution in [0.15, 0.2) is 41.2 Å². The Morgan fingerprint density at radius 3 is 2.65 bits per heavy atom. The number of anilines is 1. The zero-order valence-corrected chi connectivity index (χ0v) is 11.3. The van der Waals surface area contributed by atoms with E-state index in [1.165, 1.54) is 4.52 Å². The summed E-state index contributed by atoms with van der Waals surface area (Å²) in [7, 11) is 0.